The number of likely N-dealkylation sites (tertiary alicyclic amines) is 1. The zero-order valence-electron chi connectivity index (χ0n) is 19.0. The fourth-order valence-corrected chi connectivity index (χ4v) is 5.76. The third-order valence-corrected chi connectivity index (χ3v) is 7.52. The molecule has 2 aliphatic heterocycles. The summed E-state index contributed by atoms with van der Waals surface area (Å²) < 4.78 is 13.2. The first-order valence-corrected chi connectivity index (χ1v) is 12.1. The summed E-state index contributed by atoms with van der Waals surface area (Å²) in [5.41, 5.74) is 1.51. The molecule has 0 spiro atoms. The predicted molar refractivity (Wildman–Crippen MR) is 124 cm³/mol. The third-order valence-electron chi connectivity index (χ3n) is 6.32. The summed E-state index contributed by atoms with van der Waals surface area (Å²) in [4.78, 5) is 37.1. The second-order valence-electron chi connectivity index (χ2n) is 9.25. The van der Waals surface area contributed by atoms with Crippen molar-refractivity contribution < 1.29 is 14.0 Å². The van der Waals surface area contributed by atoms with E-state index in [1.165, 1.54) is 29.9 Å². The first-order valence-electron chi connectivity index (χ1n) is 11.3. The molecular weight excluding hydrogens is 427 g/mol. The minimum atomic E-state index is -0.293. The number of carbonyl (C=O) groups excluding carboxylic acids is 2. The molecule has 2 unspecified atom stereocenters. The molecule has 0 radical (unpaired) electrons. The van der Waals surface area contributed by atoms with E-state index < -0.39 is 0 Å². The molecule has 8 heteroatoms. The van der Waals surface area contributed by atoms with Crippen LogP contribution in [-0.4, -0.2) is 77.3 Å². The van der Waals surface area contributed by atoms with E-state index in [1.807, 2.05) is 16.7 Å². The standard InChI is InChI=1S/C24H31FN4O2S/c1-16-12-17(2)14-29(13-16)21(30)15-27-8-10-28(11-9-27)24(31)22-18(3)26-23(32-22)19-4-6-20(25)7-5-19/h4-7,16-17H,8-15H2,1-3H3. The minimum Gasteiger partial charge on any atom is -0.341 e. The molecule has 4 rings (SSSR count). The van der Waals surface area contributed by atoms with Crippen molar-refractivity contribution >= 4 is 23.2 Å². The first kappa shape index (κ1) is 22.9. The smallest absolute Gasteiger partial charge is 0.265 e. The molecule has 0 bridgehead atoms. The fraction of sp³-hybridized carbons (Fsp3) is 0.542. The Bertz CT molecular complexity index is 959. The van der Waals surface area contributed by atoms with E-state index in [0.29, 0.717) is 55.1 Å². The van der Waals surface area contributed by atoms with Gasteiger partial charge in [-0.2, -0.15) is 0 Å². The number of amides is 2. The van der Waals surface area contributed by atoms with Crippen LogP contribution in [0.15, 0.2) is 24.3 Å². The zero-order chi connectivity index (χ0) is 22.8. The van der Waals surface area contributed by atoms with Gasteiger partial charge in [-0.3, -0.25) is 14.5 Å². The van der Waals surface area contributed by atoms with Crippen molar-refractivity contribution in [2.45, 2.75) is 27.2 Å². The Labute approximate surface area is 193 Å². The van der Waals surface area contributed by atoms with Crippen LogP contribution in [0.4, 0.5) is 4.39 Å². The predicted octanol–water partition coefficient (Wildman–Crippen LogP) is 3.52. The molecule has 2 atom stereocenters. The van der Waals surface area contributed by atoms with Crippen LogP contribution < -0.4 is 0 Å². The lowest BCUT2D eigenvalue weighted by Gasteiger charge is -2.38. The summed E-state index contributed by atoms with van der Waals surface area (Å²) in [6.07, 6.45) is 1.18. The number of carbonyl (C=O) groups is 2. The Morgan fingerprint density at radius 1 is 1.03 bits per heavy atom. The number of nitrogens with zero attached hydrogens (tertiary/aromatic N) is 4. The molecule has 2 aliphatic rings. The number of aryl methyl sites for hydroxylation is 1. The molecule has 32 heavy (non-hydrogen) atoms. The van der Waals surface area contributed by atoms with Gasteiger partial charge in [-0.1, -0.05) is 13.8 Å². The Morgan fingerprint density at radius 3 is 2.28 bits per heavy atom. The molecule has 1 aromatic heterocycles. The van der Waals surface area contributed by atoms with Gasteiger partial charge in [-0.25, -0.2) is 9.37 Å². The number of aromatic nitrogens is 1. The summed E-state index contributed by atoms with van der Waals surface area (Å²) in [6, 6.07) is 6.17. The van der Waals surface area contributed by atoms with Gasteiger partial charge in [0, 0.05) is 44.8 Å². The number of hydrogen-bond acceptors (Lipinski definition) is 5. The highest BCUT2D eigenvalue weighted by Crippen LogP contribution is 2.29. The number of piperidine rings is 1. The number of hydrogen-bond donors (Lipinski definition) is 0. The van der Waals surface area contributed by atoms with Crippen LogP contribution >= 0.6 is 11.3 Å². The van der Waals surface area contributed by atoms with Crippen LogP contribution in [0.1, 0.15) is 35.6 Å². The second kappa shape index (κ2) is 9.67. The number of benzene rings is 1. The van der Waals surface area contributed by atoms with E-state index in [2.05, 4.69) is 23.7 Å². The highest BCUT2D eigenvalue weighted by molar-refractivity contribution is 7.17. The topological polar surface area (TPSA) is 56.8 Å². The van der Waals surface area contributed by atoms with E-state index in [0.717, 1.165) is 23.7 Å². The normalized spacial score (nSPS) is 22.2. The molecule has 1 aromatic carbocycles. The second-order valence-corrected chi connectivity index (χ2v) is 10.3. The van der Waals surface area contributed by atoms with E-state index in [1.54, 1.807) is 12.1 Å². The summed E-state index contributed by atoms with van der Waals surface area (Å²) in [5.74, 6) is 1.00. The van der Waals surface area contributed by atoms with Gasteiger partial charge in [0.25, 0.3) is 5.91 Å². The van der Waals surface area contributed by atoms with E-state index in [-0.39, 0.29) is 17.6 Å². The lowest BCUT2D eigenvalue weighted by atomic mass is 9.92. The van der Waals surface area contributed by atoms with E-state index >= 15 is 0 Å². The first-order chi connectivity index (χ1) is 15.3. The van der Waals surface area contributed by atoms with Crippen LogP contribution in [-0.2, 0) is 4.79 Å². The van der Waals surface area contributed by atoms with Crippen molar-refractivity contribution in [2.75, 3.05) is 45.8 Å². The lowest BCUT2D eigenvalue weighted by molar-refractivity contribution is -0.135. The van der Waals surface area contributed by atoms with Gasteiger partial charge >= 0.3 is 0 Å². The quantitative estimate of drug-likeness (QED) is 0.704. The highest BCUT2D eigenvalue weighted by Gasteiger charge is 2.29. The monoisotopic (exact) mass is 458 g/mol. The third kappa shape index (κ3) is 5.18. The van der Waals surface area contributed by atoms with Gasteiger partial charge in [0.05, 0.1) is 12.2 Å². The SMILES string of the molecule is Cc1nc(-c2ccc(F)cc2)sc1C(=O)N1CCN(CC(=O)N2CC(C)CC(C)C2)CC1. The molecule has 6 nitrogen and oxygen atoms in total. The summed E-state index contributed by atoms with van der Waals surface area (Å²) >= 11 is 1.35. The Hall–Kier alpha value is -2.32. The van der Waals surface area contributed by atoms with Crippen molar-refractivity contribution in [1.82, 2.24) is 19.7 Å². The minimum absolute atomic E-state index is 0.0157. The number of halogens is 1. The number of rotatable bonds is 4. The maximum Gasteiger partial charge on any atom is 0.265 e. The largest absolute Gasteiger partial charge is 0.341 e. The van der Waals surface area contributed by atoms with Crippen molar-refractivity contribution in [3.05, 3.63) is 40.7 Å². The summed E-state index contributed by atoms with van der Waals surface area (Å²) in [6.45, 7) is 11.0. The number of piperazine rings is 1. The average Bonchev–Trinajstić information content (AvgIpc) is 3.15. The summed E-state index contributed by atoms with van der Waals surface area (Å²) in [5, 5.41) is 0.722. The summed E-state index contributed by atoms with van der Waals surface area (Å²) in [7, 11) is 0. The highest BCUT2D eigenvalue weighted by atomic mass is 32.1. The molecule has 172 valence electrons. The van der Waals surface area contributed by atoms with Crippen molar-refractivity contribution in [3.8, 4) is 10.6 Å². The lowest BCUT2D eigenvalue weighted by Crippen LogP contribution is -2.53. The Kier molecular flexibility index (Phi) is 6.90. The van der Waals surface area contributed by atoms with Crippen LogP contribution in [0, 0.1) is 24.6 Å². The molecule has 0 N–H and O–H groups in total. The van der Waals surface area contributed by atoms with Crippen LogP contribution in [0.2, 0.25) is 0 Å². The van der Waals surface area contributed by atoms with Gasteiger partial charge in [-0.15, -0.1) is 11.3 Å². The van der Waals surface area contributed by atoms with Gasteiger partial charge in [0.15, 0.2) is 0 Å². The molecule has 2 aromatic rings. The van der Waals surface area contributed by atoms with Crippen molar-refractivity contribution in [3.63, 3.8) is 0 Å². The van der Waals surface area contributed by atoms with Gasteiger partial charge < -0.3 is 9.80 Å². The molecule has 2 amide bonds. The van der Waals surface area contributed by atoms with Gasteiger partial charge in [-0.05, 0) is 49.4 Å². The van der Waals surface area contributed by atoms with Crippen molar-refractivity contribution in [2.24, 2.45) is 11.8 Å². The van der Waals surface area contributed by atoms with Crippen molar-refractivity contribution in [1.29, 1.82) is 0 Å². The fourth-order valence-electron chi connectivity index (χ4n) is 4.72. The zero-order valence-corrected chi connectivity index (χ0v) is 19.8. The molecule has 0 aliphatic carbocycles. The molecule has 2 saturated heterocycles. The Balaban J connectivity index is 1.33. The molecular formula is C24H31FN4O2S. The maximum absolute atomic E-state index is 13.2. The Morgan fingerprint density at radius 2 is 1.66 bits per heavy atom. The molecule has 2 fully saturated rings. The molecule has 3 heterocycles. The molecule has 0 saturated carbocycles. The maximum atomic E-state index is 13.2. The average molecular weight is 459 g/mol. The van der Waals surface area contributed by atoms with E-state index in [4.69, 9.17) is 0 Å². The number of thiazole rings is 1. The van der Waals surface area contributed by atoms with Crippen LogP contribution in [0.25, 0.3) is 10.6 Å². The van der Waals surface area contributed by atoms with E-state index in [9.17, 15) is 14.0 Å². The van der Waals surface area contributed by atoms with Gasteiger partial charge in [0.2, 0.25) is 5.91 Å². The van der Waals surface area contributed by atoms with Crippen LogP contribution in [0.5, 0.6) is 0 Å². The van der Waals surface area contributed by atoms with Crippen LogP contribution in [0.3, 0.4) is 0 Å². The van der Waals surface area contributed by atoms with Gasteiger partial charge in [0.1, 0.15) is 15.7 Å².